The van der Waals surface area contributed by atoms with Crippen LogP contribution in [0.2, 0.25) is 0 Å². The predicted octanol–water partition coefficient (Wildman–Crippen LogP) is 4.15. The van der Waals surface area contributed by atoms with Crippen LogP contribution < -0.4 is 4.90 Å². The SMILES string of the molecule is CC(C)(C)c1cc([C@H](c2ccccn2)[NH+]2CCCC2)cc(C(C)(C)C)c1O. The molecule has 1 aromatic heterocycles. The molecule has 0 amide bonds. The van der Waals surface area contributed by atoms with Gasteiger partial charge in [0.05, 0.1) is 13.1 Å². The summed E-state index contributed by atoms with van der Waals surface area (Å²) in [6, 6.07) is 10.9. The van der Waals surface area contributed by atoms with Crippen LogP contribution >= 0.6 is 0 Å². The Labute approximate surface area is 164 Å². The Hall–Kier alpha value is -1.87. The molecule has 0 spiro atoms. The molecule has 1 aromatic carbocycles. The second kappa shape index (κ2) is 7.27. The Morgan fingerprint density at radius 1 is 0.926 bits per heavy atom. The highest BCUT2D eigenvalue weighted by Crippen LogP contribution is 2.41. The molecule has 1 atom stereocenters. The monoisotopic (exact) mass is 367 g/mol. The molecule has 3 rings (SSSR count). The fourth-order valence-electron chi connectivity index (χ4n) is 4.25. The summed E-state index contributed by atoms with van der Waals surface area (Å²) in [5.74, 6) is 0.454. The number of nitrogens with zero attached hydrogens (tertiary/aromatic N) is 1. The van der Waals surface area contributed by atoms with Crippen molar-refractivity contribution < 1.29 is 10.0 Å². The van der Waals surface area contributed by atoms with Crippen molar-refractivity contribution in [3.8, 4) is 5.75 Å². The third kappa shape index (κ3) is 4.19. The van der Waals surface area contributed by atoms with Gasteiger partial charge in [0.15, 0.2) is 6.04 Å². The molecule has 1 aliphatic rings. The quantitative estimate of drug-likeness (QED) is 0.855. The Balaban J connectivity index is 2.22. The molecule has 0 aliphatic carbocycles. The van der Waals surface area contributed by atoms with E-state index in [1.54, 1.807) is 4.90 Å². The first-order valence-corrected chi connectivity index (χ1v) is 10.2. The number of aromatic nitrogens is 1. The number of phenolic OH excluding ortho intramolecular Hbond substituents is 1. The highest BCUT2D eigenvalue weighted by molar-refractivity contribution is 5.51. The van der Waals surface area contributed by atoms with E-state index in [4.69, 9.17) is 4.98 Å². The number of nitrogens with one attached hydrogen (secondary N) is 1. The Morgan fingerprint density at radius 3 is 1.93 bits per heavy atom. The predicted molar refractivity (Wildman–Crippen MR) is 112 cm³/mol. The molecule has 0 saturated carbocycles. The molecule has 1 fully saturated rings. The van der Waals surface area contributed by atoms with E-state index in [1.807, 2.05) is 12.3 Å². The molecule has 0 bridgehead atoms. The van der Waals surface area contributed by atoms with Crippen molar-refractivity contribution in [2.45, 2.75) is 71.3 Å². The summed E-state index contributed by atoms with van der Waals surface area (Å²) in [7, 11) is 0. The maximum atomic E-state index is 11.1. The first-order chi connectivity index (χ1) is 12.6. The number of likely N-dealkylation sites (tertiary alicyclic amines) is 1. The second-order valence-corrected chi connectivity index (χ2v) is 10.0. The molecule has 2 aromatic rings. The molecule has 1 aliphatic heterocycles. The third-order valence-electron chi connectivity index (χ3n) is 5.72. The maximum Gasteiger partial charge on any atom is 0.156 e. The van der Waals surface area contributed by atoms with E-state index in [0.717, 1.165) is 16.8 Å². The van der Waals surface area contributed by atoms with Crippen LogP contribution in [0.15, 0.2) is 36.5 Å². The van der Waals surface area contributed by atoms with E-state index >= 15 is 0 Å². The van der Waals surface area contributed by atoms with Gasteiger partial charge in [-0.2, -0.15) is 0 Å². The lowest BCUT2D eigenvalue weighted by Gasteiger charge is -2.31. The number of rotatable bonds is 3. The number of quaternary nitrogens is 1. The Kier molecular flexibility index (Phi) is 5.36. The zero-order chi connectivity index (χ0) is 19.8. The normalized spacial score (nSPS) is 17.3. The van der Waals surface area contributed by atoms with Gasteiger partial charge in [0.1, 0.15) is 11.4 Å². The zero-order valence-corrected chi connectivity index (χ0v) is 17.8. The van der Waals surface area contributed by atoms with Crippen molar-refractivity contribution in [2.24, 2.45) is 0 Å². The van der Waals surface area contributed by atoms with Crippen molar-refractivity contribution in [3.63, 3.8) is 0 Å². The first-order valence-electron chi connectivity index (χ1n) is 10.2. The number of hydrogen-bond donors (Lipinski definition) is 2. The minimum atomic E-state index is -0.116. The molecule has 146 valence electrons. The van der Waals surface area contributed by atoms with Crippen LogP contribution in [0.25, 0.3) is 0 Å². The van der Waals surface area contributed by atoms with Crippen LogP contribution in [0.3, 0.4) is 0 Å². The van der Waals surface area contributed by atoms with Gasteiger partial charge in [-0.25, -0.2) is 0 Å². The number of aromatic hydroxyl groups is 1. The van der Waals surface area contributed by atoms with Crippen molar-refractivity contribution >= 4 is 0 Å². The van der Waals surface area contributed by atoms with E-state index < -0.39 is 0 Å². The zero-order valence-electron chi connectivity index (χ0n) is 17.8. The minimum Gasteiger partial charge on any atom is -0.507 e. The second-order valence-electron chi connectivity index (χ2n) is 10.0. The van der Waals surface area contributed by atoms with E-state index in [-0.39, 0.29) is 16.9 Å². The van der Waals surface area contributed by atoms with Crippen LogP contribution in [0, 0.1) is 0 Å². The number of hydrogen-bond acceptors (Lipinski definition) is 2. The lowest BCUT2D eigenvalue weighted by atomic mass is 9.77. The molecule has 0 radical (unpaired) electrons. The Bertz CT molecular complexity index is 743. The van der Waals surface area contributed by atoms with Crippen molar-refractivity contribution in [2.75, 3.05) is 13.1 Å². The molecule has 1 saturated heterocycles. The van der Waals surface area contributed by atoms with Crippen molar-refractivity contribution in [3.05, 3.63) is 58.9 Å². The van der Waals surface area contributed by atoms with E-state index in [2.05, 4.69) is 65.8 Å². The van der Waals surface area contributed by atoms with Gasteiger partial charge in [0, 0.05) is 35.7 Å². The smallest absolute Gasteiger partial charge is 0.156 e. The number of phenols is 1. The van der Waals surface area contributed by atoms with Gasteiger partial charge in [0.25, 0.3) is 0 Å². The van der Waals surface area contributed by atoms with Crippen LogP contribution in [-0.4, -0.2) is 23.2 Å². The van der Waals surface area contributed by atoms with E-state index in [1.165, 1.54) is 31.5 Å². The minimum absolute atomic E-state index is 0.116. The summed E-state index contributed by atoms with van der Waals surface area (Å²) in [6.07, 6.45) is 4.44. The summed E-state index contributed by atoms with van der Waals surface area (Å²) in [5, 5.41) is 11.1. The molecule has 2 heterocycles. The highest BCUT2D eigenvalue weighted by Gasteiger charge is 2.34. The average Bonchev–Trinajstić information content (AvgIpc) is 3.09. The summed E-state index contributed by atoms with van der Waals surface area (Å²) >= 11 is 0. The molecule has 3 nitrogen and oxygen atoms in total. The topological polar surface area (TPSA) is 37.6 Å². The molecule has 0 unspecified atom stereocenters. The lowest BCUT2D eigenvalue weighted by molar-refractivity contribution is -0.914. The van der Waals surface area contributed by atoms with Gasteiger partial charge in [-0.1, -0.05) is 47.6 Å². The molecule has 3 heteroatoms. The first kappa shape index (κ1) is 19.9. The summed E-state index contributed by atoms with van der Waals surface area (Å²) in [6.45, 7) is 15.4. The van der Waals surface area contributed by atoms with Gasteiger partial charge >= 0.3 is 0 Å². The van der Waals surface area contributed by atoms with Gasteiger partial charge in [0.2, 0.25) is 0 Å². The van der Waals surface area contributed by atoms with E-state index in [9.17, 15) is 5.11 Å². The average molecular weight is 368 g/mol. The summed E-state index contributed by atoms with van der Waals surface area (Å²) in [5.41, 5.74) is 4.23. The third-order valence-corrected chi connectivity index (χ3v) is 5.72. The van der Waals surface area contributed by atoms with Crippen LogP contribution in [0.4, 0.5) is 0 Å². The van der Waals surface area contributed by atoms with Gasteiger partial charge in [-0.05, 0) is 35.1 Å². The fraction of sp³-hybridized carbons (Fsp3) is 0.542. The summed E-state index contributed by atoms with van der Waals surface area (Å²) in [4.78, 5) is 6.31. The van der Waals surface area contributed by atoms with Crippen LogP contribution in [0.5, 0.6) is 5.75 Å². The largest absolute Gasteiger partial charge is 0.507 e. The lowest BCUT2D eigenvalue weighted by Crippen LogP contribution is -3.10. The molecule has 2 N–H and O–H groups in total. The van der Waals surface area contributed by atoms with Crippen molar-refractivity contribution in [1.82, 2.24) is 4.98 Å². The van der Waals surface area contributed by atoms with E-state index in [0.29, 0.717) is 5.75 Å². The van der Waals surface area contributed by atoms with Gasteiger partial charge in [-0.3, -0.25) is 4.98 Å². The molecule has 27 heavy (non-hydrogen) atoms. The van der Waals surface area contributed by atoms with Gasteiger partial charge < -0.3 is 10.0 Å². The number of pyridine rings is 1. The van der Waals surface area contributed by atoms with Crippen molar-refractivity contribution in [1.29, 1.82) is 0 Å². The molecular formula is C24H35N2O+. The standard InChI is InChI=1S/C24H34N2O/c1-23(2,3)18-15-17(16-19(22(18)27)24(4,5)6)21(26-13-9-10-14-26)20-11-7-8-12-25-20/h7-8,11-12,15-16,21,27H,9-10,13-14H2,1-6H3/p+1/t21-/m1/s1. The van der Waals surface area contributed by atoms with Crippen LogP contribution in [0.1, 0.15) is 82.8 Å². The summed E-state index contributed by atoms with van der Waals surface area (Å²) < 4.78 is 0. The highest BCUT2D eigenvalue weighted by atomic mass is 16.3. The maximum absolute atomic E-state index is 11.1. The van der Waals surface area contributed by atoms with Gasteiger partial charge in [-0.15, -0.1) is 0 Å². The Morgan fingerprint density at radius 2 is 1.48 bits per heavy atom. The van der Waals surface area contributed by atoms with Crippen LogP contribution in [-0.2, 0) is 10.8 Å². The molecular weight excluding hydrogens is 332 g/mol. The fourth-order valence-corrected chi connectivity index (χ4v) is 4.25. The number of benzene rings is 1.